The standard InChI is InChI=1S/C24H26BrCl2N5O2S/c1-5-32-22(21(13(2)3)29-23(34)17-8-6-15(26)11-19(17)27)30-31-24(32)35-12-20(33)28-16-7-9-18(25)14(4)10-16/h6-11,13,21H,5,12H2,1-4H3,(H,28,33)(H,29,34)/t21-/m1/s1. The van der Waals surface area contributed by atoms with E-state index >= 15 is 0 Å². The maximum Gasteiger partial charge on any atom is 0.253 e. The van der Waals surface area contributed by atoms with Crippen LogP contribution in [0.25, 0.3) is 0 Å². The zero-order valence-corrected chi connectivity index (χ0v) is 23.6. The van der Waals surface area contributed by atoms with Gasteiger partial charge in [0.2, 0.25) is 5.91 Å². The fraction of sp³-hybridized carbons (Fsp3) is 0.333. The minimum Gasteiger partial charge on any atom is -0.342 e. The first-order valence-corrected chi connectivity index (χ1v) is 13.5. The number of amides is 2. The van der Waals surface area contributed by atoms with E-state index in [9.17, 15) is 9.59 Å². The SMILES string of the molecule is CCn1c(SCC(=O)Nc2ccc(Br)c(C)c2)nnc1[C@H](NC(=O)c1ccc(Cl)cc1Cl)C(C)C. The molecule has 2 N–H and O–H groups in total. The molecule has 0 radical (unpaired) electrons. The number of carbonyl (C=O) groups is 2. The Morgan fingerprint density at radius 1 is 1.14 bits per heavy atom. The third kappa shape index (κ3) is 7.00. The van der Waals surface area contributed by atoms with Crippen molar-refractivity contribution in [3.05, 3.63) is 67.9 Å². The molecule has 11 heteroatoms. The number of hydrogen-bond acceptors (Lipinski definition) is 5. The summed E-state index contributed by atoms with van der Waals surface area (Å²) < 4.78 is 2.90. The molecule has 1 heterocycles. The lowest BCUT2D eigenvalue weighted by molar-refractivity contribution is -0.113. The maximum absolute atomic E-state index is 12.9. The molecule has 1 aromatic heterocycles. The van der Waals surface area contributed by atoms with Crippen molar-refractivity contribution in [3.63, 3.8) is 0 Å². The molecule has 7 nitrogen and oxygen atoms in total. The number of nitrogens with one attached hydrogen (secondary N) is 2. The Morgan fingerprint density at radius 3 is 2.51 bits per heavy atom. The number of benzene rings is 2. The summed E-state index contributed by atoms with van der Waals surface area (Å²) in [6.45, 7) is 8.49. The van der Waals surface area contributed by atoms with Crippen molar-refractivity contribution in [3.8, 4) is 0 Å². The molecular weight excluding hydrogens is 573 g/mol. The average molecular weight is 599 g/mol. The second-order valence-electron chi connectivity index (χ2n) is 8.21. The molecule has 0 bridgehead atoms. The van der Waals surface area contributed by atoms with Gasteiger partial charge in [0.05, 0.1) is 22.4 Å². The minimum absolute atomic E-state index is 0.0290. The first kappa shape index (κ1) is 27.5. The average Bonchev–Trinajstić information content (AvgIpc) is 3.20. The van der Waals surface area contributed by atoms with Crippen molar-refractivity contribution in [2.45, 2.75) is 45.4 Å². The maximum atomic E-state index is 12.9. The predicted octanol–water partition coefficient (Wildman–Crippen LogP) is 6.53. The minimum atomic E-state index is -0.407. The molecule has 35 heavy (non-hydrogen) atoms. The second-order valence-corrected chi connectivity index (χ2v) is 10.8. The first-order chi connectivity index (χ1) is 16.6. The molecule has 186 valence electrons. The van der Waals surface area contributed by atoms with Crippen LogP contribution in [0, 0.1) is 12.8 Å². The van der Waals surface area contributed by atoms with Crippen LogP contribution in [-0.2, 0) is 11.3 Å². The number of aromatic nitrogens is 3. The number of nitrogens with zero attached hydrogens (tertiary/aromatic N) is 3. The van der Waals surface area contributed by atoms with Gasteiger partial charge in [-0.1, -0.05) is 64.7 Å². The third-order valence-electron chi connectivity index (χ3n) is 5.24. The molecule has 2 amide bonds. The molecule has 3 rings (SSSR count). The number of thioether (sulfide) groups is 1. The van der Waals surface area contributed by atoms with E-state index in [0.717, 1.165) is 15.7 Å². The van der Waals surface area contributed by atoms with Crippen molar-refractivity contribution in [2.75, 3.05) is 11.1 Å². The third-order valence-corrected chi connectivity index (χ3v) is 7.65. The normalized spacial score (nSPS) is 12.0. The summed E-state index contributed by atoms with van der Waals surface area (Å²) in [6.07, 6.45) is 0. The van der Waals surface area contributed by atoms with Crippen LogP contribution in [0.5, 0.6) is 0 Å². The highest BCUT2D eigenvalue weighted by Crippen LogP contribution is 2.27. The molecule has 1 atom stereocenters. The fourth-order valence-corrected chi connectivity index (χ4v) is 4.96. The number of hydrogen-bond donors (Lipinski definition) is 2. The van der Waals surface area contributed by atoms with E-state index in [1.54, 1.807) is 12.1 Å². The van der Waals surface area contributed by atoms with E-state index in [-0.39, 0.29) is 28.5 Å². The molecule has 0 aliphatic rings. The zero-order chi connectivity index (χ0) is 25.7. The number of rotatable bonds is 9. The Balaban J connectivity index is 1.72. The molecule has 3 aromatic rings. The van der Waals surface area contributed by atoms with Gasteiger partial charge in [-0.15, -0.1) is 10.2 Å². The second kappa shape index (κ2) is 12.3. The Bertz CT molecular complexity index is 1230. The van der Waals surface area contributed by atoms with Crippen molar-refractivity contribution < 1.29 is 9.59 Å². The van der Waals surface area contributed by atoms with E-state index in [0.29, 0.717) is 28.1 Å². The summed E-state index contributed by atoms with van der Waals surface area (Å²) in [6, 6.07) is 9.99. The quantitative estimate of drug-likeness (QED) is 0.273. The Hall–Kier alpha value is -2.07. The summed E-state index contributed by atoms with van der Waals surface area (Å²) >= 11 is 16.9. The zero-order valence-electron chi connectivity index (χ0n) is 19.7. The van der Waals surface area contributed by atoms with Gasteiger partial charge in [0.25, 0.3) is 5.91 Å². The lowest BCUT2D eigenvalue weighted by Gasteiger charge is -2.22. The smallest absolute Gasteiger partial charge is 0.253 e. The molecule has 2 aromatic carbocycles. The summed E-state index contributed by atoms with van der Waals surface area (Å²) in [5.74, 6) is 0.352. The summed E-state index contributed by atoms with van der Waals surface area (Å²) in [5.41, 5.74) is 2.10. The van der Waals surface area contributed by atoms with Gasteiger partial charge < -0.3 is 15.2 Å². The number of anilines is 1. The first-order valence-electron chi connectivity index (χ1n) is 11.0. The Kier molecular flexibility index (Phi) is 9.63. The predicted molar refractivity (Wildman–Crippen MR) is 145 cm³/mol. The largest absolute Gasteiger partial charge is 0.342 e. The molecule has 0 saturated heterocycles. The molecule has 0 unspecified atom stereocenters. The van der Waals surface area contributed by atoms with Crippen LogP contribution in [0.2, 0.25) is 10.0 Å². The van der Waals surface area contributed by atoms with Crippen molar-refractivity contribution >= 4 is 68.4 Å². The summed E-state index contributed by atoms with van der Waals surface area (Å²) in [7, 11) is 0. The number of halogens is 3. The monoisotopic (exact) mass is 597 g/mol. The van der Waals surface area contributed by atoms with Crippen molar-refractivity contribution in [2.24, 2.45) is 5.92 Å². The fourth-order valence-electron chi connectivity index (χ4n) is 3.41. The van der Waals surface area contributed by atoms with Crippen LogP contribution < -0.4 is 10.6 Å². The van der Waals surface area contributed by atoms with Crippen LogP contribution >= 0.6 is 50.9 Å². The van der Waals surface area contributed by atoms with E-state index in [1.165, 1.54) is 17.8 Å². The topological polar surface area (TPSA) is 88.9 Å². The number of aryl methyl sites for hydroxylation is 1. The van der Waals surface area contributed by atoms with Gasteiger partial charge in [0, 0.05) is 21.7 Å². The van der Waals surface area contributed by atoms with Crippen LogP contribution in [0.4, 0.5) is 5.69 Å². The highest BCUT2D eigenvalue weighted by Gasteiger charge is 2.27. The molecule has 0 aliphatic carbocycles. The highest BCUT2D eigenvalue weighted by molar-refractivity contribution is 9.10. The van der Waals surface area contributed by atoms with Gasteiger partial charge in [0.1, 0.15) is 0 Å². The van der Waals surface area contributed by atoms with Crippen molar-refractivity contribution in [1.82, 2.24) is 20.1 Å². The molecule has 0 aliphatic heterocycles. The number of carbonyl (C=O) groups excluding carboxylic acids is 2. The summed E-state index contributed by atoms with van der Waals surface area (Å²) in [4.78, 5) is 25.5. The molecular formula is C24H26BrCl2N5O2S. The lowest BCUT2D eigenvalue weighted by Crippen LogP contribution is -2.34. The van der Waals surface area contributed by atoms with Gasteiger partial charge in [-0.05, 0) is 61.7 Å². The highest BCUT2D eigenvalue weighted by atomic mass is 79.9. The van der Waals surface area contributed by atoms with E-state index in [2.05, 4.69) is 36.8 Å². The van der Waals surface area contributed by atoms with Gasteiger partial charge in [-0.3, -0.25) is 9.59 Å². The van der Waals surface area contributed by atoms with E-state index in [4.69, 9.17) is 23.2 Å². The van der Waals surface area contributed by atoms with E-state index in [1.807, 2.05) is 50.5 Å². The van der Waals surface area contributed by atoms with E-state index < -0.39 is 6.04 Å². The van der Waals surface area contributed by atoms with Crippen LogP contribution in [-0.4, -0.2) is 32.3 Å². The molecule has 0 saturated carbocycles. The van der Waals surface area contributed by atoms with Crippen LogP contribution in [0.3, 0.4) is 0 Å². The summed E-state index contributed by atoms with van der Waals surface area (Å²) in [5, 5.41) is 15.9. The van der Waals surface area contributed by atoms with Gasteiger partial charge in [-0.25, -0.2) is 0 Å². The van der Waals surface area contributed by atoms with Crippen LogP contribution in [0.15, 0.2) is 46.0 Å². The van der Waals surface area contributed by atoms with Crippen molar-refractivity contribution in [1.29, 1.82) is 0 Å². The van der Waals surface area contributed by atoms with Gasteiger partial charge in [0.15, 0.2) is 11.0 Å². The Morgan fingerprint density at radius 2 is 1.89 bits per heavy atom. The molecule has 0 spiro atoms. The Labute approximate surface area is 227 Å². The lowest BCUT2D eigenvalue weighted by atomic mass is 10.0. The van der Waals surface area contributed by atoms with Gasteiger partial charge >= 0.3 is 0 Å². The molecule has 0 fully saturated rings. The van der Waals surface area contributed by atoms with Gasteiger partial charge in [-0.2, -0.15) is 0 Å². The van der Waals surface area contributed by atoms with Crippen LogP contribution in [0.1, 0.15) is 48.6 Å².